The molecule has 0 bridgehead atoms. The SMILES string of the molecule is COC(=O)C(CNC(=O)CCNC(=O)c1ccc(C(=N)N)cc1)NS(=O)(=O)c1ccccc1. The number of hydrogen-bond donors (Lipinski definition) is 5. The van der Waals surface area contributed by atoms with Crippen molar-refractivity contribution in [2.45, 2.75) is 17.4 Å². The highest BCUT2D eigenvalue weighted by Crippen LogP contribution is 2.08. The van der Waals surface area contributed by atoms with Gasteiger partial charge >= 0.3 is 5.97 Å². The van der Waals surface area contributed by atoms with Crippen molar-refractivity contribution >= 4 is 33.6 Å². The standard InChI is InChI=1S/C21H25N5O6S/c1-32-21(29)17(26-33(30,31)16-5-3-2-4-6-16)13-25-18(27)11-12-24-20(28)15-9-7-14(8-10-15)19(22)23/h2-10,17,26H,11-13H2,1H3,(H3,22,23)(H,24,28)(H,25,27). The van der Waals surface area contributed by atoms with Gasteiger partial charge in [0.15, 0.2) is 0 Å². The lowest BCUT2D eigenvalue weighted by Crippen LogP contribution is -2.49. The van der Waals surface area contributed by atoms with E-state index >= 15 is 0 Å². The Bertz CT molecular complexity index is 1100. The predicted molar refractivity (Wildman–Crippen MR) is 120 cm³/mol. The van der Waals surface area contributed by atoms with Crippen LogP contribution in [-0.2, 0) is 24.3 Å². The summed E-state index contributed by atoms with van der Waals surface area (Å²) < 4.78 is 31.7. The van der Waals surface area contributed by atoms with Gasteiger partial charge in [-0.3, -0.25) is 19.8 Å². The Labute approximate surface area is 191 Å². The minimum atomic E-state index is -4.01. The van der Waals surface area contributed by atoms with Crippen LogP contribution in [0.1, 0.15) is 22.3 Å². The lowest BCUT2D eigenvalue weighted by Gasteiger charge is -2.17. The van der Waals surface area contributed by atoms with Gasteiger partial charge in [0.2, 0.25) is 15.9 Å². The van der Waals surface area contributed by atoms with E-state index in [9.17, 15) is 22.8 Å². The zero-order valence-corrected chi connectivity index (χ0v) is 18.6. The summed E-state index contributed by atoms with van der Waals surface area (Å²) in [5.74, 6) is -1.90. The van der Waals surface area contributed by atoms with E-state index in [2.05, 4.69) is 20.1 Å². The molecule has 1 atom stereocenters. The number of amidine groups is 1. The van der Waals surface area contributed by atoms with Crippen LogP contribution in [-0.4, -0.2) is 58.3 Å². The predicted octanol–water partition coefficient (Wildman–Crippen LogP) is -0.273. The van der Waals surface area contributed by atoms with Gasteiger partial charge in [0.05, 0.1) is 12.0 Å². The molecule has 0 aliphatic carbocycles. The van der Waals surface area contributed by atoms with E-state index < -0.39 is 33.8 Å². The second-order valence-electron chi connectivity index (χ2n) is 6.81. The molecule has 2 amide bonds. The molecule has 0 aliphatic heterocycles. The van der Waals surface area contributed by atoms with Crippen LogP contribution in [0.15, 0.2) is 59.5 Å². The summed E-state index contributed by atoms with van der Waals surface area (Å²) in [6, 6.07) is 12.2. The molecule has 0 fully saturated rings. The van der Waals surface area contributed by atoms with Gasteiger partial charge in [-0.2, -0.15) is 4.72 Å². The van der Waals surface area contributed by atoms with Crippen LogP contribution in [0.2, 0.25) is 0 Å². The van der Waals surface area contributed by atoms with Gasteiger partial charge < -0.3 is 21.1 Å². The van der Waals surface area contributed by atoms with E-state index in [0.29, 0.717) is 11.1 Å². The summed E-state index contributed by atoms with van der Waals surface area (Å²) in [5.41, 5.74) is 6.18. The summed E-state index contributed by atoms with van der Waals surface area (Å²) in [7, 11) is -2.91. The number of carbonyl (C=O) groups is 3. The fourth-order valence-electron chi connectivity index (χ4n) is 2.67. The van der Waals surface area contributed by atoms with E-state index in [-0.39, 0.29) is 30.2 Å². The molecule has 1 unspecified atom stereocenters. The number of carbonyl (C=O) groups excluding carboxylic acids is 3. The quantitative estimate of drug-likeness (QED) is 0.168. The normalized spacial score (nSPS) is 11.8. The summed E-state index contributed by atoms with van der Waals surface area (Å²) in [5, 5.41) is 12.4. The molecule has 2 rings (SSSR count). The van der Waals surface area contributed by atoms with Gasteiger partial charge in [0.25, 0.3) is 5.91 Å². The summed E-state index contributed by atoms with van der Waals surface area (Å²) in [6.45, 7) is -0.324. The molecule has 0 spiro atoms. The van der Waals surface area contributed by atoms with Crippen molar-refractivity contribution in [2.24, 2.45) is 5.73 Å². The molecule has 11 nitrogen and oxygen atoms in total. The maximum Gasteiger partial charge on any atom is 0.325 e. The zero-order valence-electron chi connectivity index (χ0n) is 17.8. The van der Waals surface area contributed by atoms with Gasteiger partial charge in [-0.15, -0.1) is 0 Å². The average Bonchev–Trinajstić information content (AvgIpc) is 2.81. The first-order valence-electron chi connectivity index (χ1n) is 9.78. The van der Waals surface area contributed by atoms with E-state index in [1.807, 2.05) is 0 Å². The Morgan fingerprint density at radius 1 is 1.00 bits per heavy atom. The second kappa shape index (κ2) is 11.7. The van der Waals surface area contributed by atoms with Crippen molar-refractivity contribution < 1.29 is 27.5 Å². The lowest BCUT2D eigenvalue weighted by molar-refractivity contribution is -0.142. The Hall–Kier alpha value is -3.77. The number of rotatable bonds is 11. The fourth-order valence-corrected chi connectivity index (χ4v) is 3.87. The molecule has 2 aromatic rings. The largest absolute Gasteiger partial charge is 0.468 e. The first kappa shape index (κ1) is 25.5. The molecular formula is C21H25N5O6S. The summed E-state index contributed by atoms with van der Waals surface area (Å²) >= 11 is 0. The van der Waals surface area contributed by atoms with Gasteiger partial charge in [-0.25, -0.2) is 8.42 Å². The topological polar surface area (TPSA) is 181 Å². The van der Waals surface area contributed by atoms with Crippen LogP contribution in [0, 0.1) is 5.41 Å². The maximum absolute atomic E-state index is 12.4. The molecule has 0 aliphatic rings. The number of methoxy groups -OCH3 is 1. The Morgan fingerprint density at radius 2 is 1.61 bits per heavy atom. The number of nitrogens with one attached hydrogen (secondary N) is 4. The molecule has 0 aromatic heterocycles. The van der Waals surface area contributed by atoms with Crippen LogP contribution < -0.4 is 21.1 Å². The van der Waals surface area contributed by atoms with E-state index in [4.69, 9.17) is 11.1 Å². The number of esters is 1. The van der Waals surface area contributed by atoms with Crippen LogP contribution in [0.4, 0.5) is 0 Å². The third kappa shape index (κ3) is 7.70. The molecule has 0 saturated carbocycles. The van der Waals surface area contributed by atoms with Gasteiger partial charge in [0, 0.05) is 30.6 Å². The Balaban J connectivity index is 1.85. The van der Waals surface area contributed by atoms with Gasteiger partial charge in [0.1, 0.15) is 11.9 Å². The minimum absolute atomic E-state index is 0.0117. The number of nitrogen functional groups attached to an aromatic ring is 1. The van der Waals surface area contributed by atoms with Crippen molar-refractivity contribution in [2.75, 3.05) is 20.2 Å². The monoisotopic (exact) mass is 475 g/mol. The Kier molecular flexibility index (Phi) is 9.07. The molecule has 12 heteroatoms. The van der Waals surface area contributed by atoms with Crippen molar-refractivity contribution in [1.82, 2.24) is 15.4 Å². The molecule has 2 aromatic carbocycles. The van der Waals surface area contributed by atoms with Crippen molar-refractivity contribution in [3.63, 3.8) is 0 Å². The van der Waals surface area contributed by atoms with Gasteiger partial charge in [-0.05, 0) is 24.3 Å². The van der Waals surface area contributed by atoms with E-state index in [1.54, 1.807) is 6.07 Å². The molecule has 33 heavy (non-hydrogen) atoms. The van der Waals surface area contributed by atoms with E-state index in [0.717, 1.165) is 7.11 Å². The number of nitrogens with two attached hydrogens (primary N) is 1. The third-order valence-electron chi connectivity index (χ3n) is 4.44. The fraction of sp³-hybridized carbons (Fsp3) is 0.238. The Morgan fingerprint density at radius 3 is 2.18 bits per heavy atom. The number of ether oxygens (including phenoxy) is 1. The van der Waals surface area contributed by atoms with Crippen molar-refractivity contribution in [3.05, 3.63) is 65.7 Å². The lowest BCUT2D eigenvalue weighted by atomic mass is 10.1. The van der Waals surface area contributed by atoms with Crippen molar-refractivity contribution in [1.29, 1.82) is 5.41 Å². The summed E-state index contributed by atoms with van der Waals surface area (Å²) in [6.07, 6.45) is -0.101. The van der Waals surface area contributed by atoms with Crippen LogP contribution in [0.5, 0.6) is 0 Å². The highest BCUT2D eigenvalue weighted by molar-refractivity contribution is 7.89. The van der Waals surface area contributed by atoms with Gasteiger partial charge in [-0.1, -0.05) is 30.3 Å². The average molecular weight is 476 g/mol. The molecule has 6 N–H and O–H groups in total. The van der Waals surface area contributed by atoms with Crippen molar-refractivity contribution in [3.8, 4) is 0 Å². The second-order valence-corrected chi connectivity index (χ2v) is 8.53. The third-order valence-corrected chi connectivity index (χ3v) is 5.92. The number of benzene rings is 2. The number of hydrogen-bond acceptors (Lipinski definition) is 7. The number of sulfonamides is 1. The summed E-state index contributed by atoms with van der Waals surface area (Å²) in [4.78, 5) is 36.2. The molecule has 0 heterocycles. The first-order chi connectivity index (χ1) is 15.6. The van der Waals surface area contributed by atoms with E-state index in [1.165, 1.54) is 48.5 Å². The minimum Gasteiger partial charge on any atom is -0.468 e. The smallest absolute Gasteiger partial charge is 0.325 e. The van der Waals surface area contributed by atoms with Crippen LogP contribution in [0.25, 0.3) is 0 Å². The molecular weight excluding hydrogens is 450 g/mol. The highest BCUT2D eigenvalue weighted by atomic mass is 32.2. The highest BCUT2D eigenvalue weighted by Gasteiger charge is 2.26. The molecule has 176 valence electrons. The number of amides is 2. The van der Waals surface area contributed by atoms with Crippen LogP contribution in [0.3, 0.4) is 0 Å². The van der Waals surface area contributed by atoms with Crippen LogP contribution >= 0.6 is 0 Å². The first-order valence-corrected chi connectivity index (χ1v) is 11.3. The maximum atomic E-state index is 12.4. The molecule has 0 saturated heterocycles. The molecule has 0 radical (unpaired) electrons. The zero-order chi connectivity index (χ0) is 24.4.